The number of hydrogen-bond acceptors (Lipinski definition) is 1. The molecule has 1 nitrogen and oxygen atoms in total. The van der Waals surface area contributed by atoms with Crippen molar-refractivity contribution in [3.05, 3.63) is 35.4 Å². The Morgan fingerprint density at radius 2 is 2.00 bits per heavy atom. The van der Waals surface area contributed by atoms with E-state index in [1.54, 1.807) is 0 Å². The summed E-state index contributed by atoms with van der Waals surface area (Å²) in [5, 5.41) is 2.92. The number of rotatable bonds is 1. The van der Waals surface area contributed by atoms with Gasteiger partial charge in [-0.2, -0.15) is 0 Å². The van der Waals surface area contributed by atoms with Crippen LogP contribution in [0, 0.1) is 6.92 Å². The van der Waals surface area contributed by atoms with Crippen LogP contribution >= 0.6 is 12.4 Å². The molecular weight excluding hydrogens is 232 g/mol. The van der Waals surface area contributed by atoms with Gasteiger partial charge in [-0.3, -0.25) is 0 Å². The second kappa shape index (κ2) is 4.30. The fraction of sp³-hybridized carbons (Fsp3) is 0.500. The number of halogens is 3. The molecule has 0 bridgehead atoms. The highest BCUT2D eigenvalue weighted by molar-refractivity contribution is 5.85. The van der Waals surface area contributed by atoms with Crippen LogP contribution in [-0.4, -0.2) is 12.5 Å². The first-order chi connectivity index (χ1) is 6.91. The molecule has 90 valence electrons. The standard InChI is InChI=1S/C12H15F2N.ClH/c1-9-4-3-5-10(6-9)11(2)7-12(13,14)8-15-11;/h3-6,15H,7-8H2,1-2H3;1H. The van der Waals surface area contributed by atoms with Gasteiger partial charge in [-0.05, 0) is 19.4 Å². The Morgan fingerprint density at radius 1 is 1.31 bits per heavy atom. The van der Waals surface area contributed by atoms with E-state index in [2.05, 4.69) is 5.32 Å². The Labute approximate surface area is 101 Å². The van der Waals surface area contributed by atoms with Gasteiger partial charge in [0.05, 0.1) is 6.54 Å². The Kier molecular flexibility index (Phi) is 3.60. The molecule has 0 aliphatic carbocycles. The normalized spacial score (nSPS) is 27.5. The van der Waals surface area contributed by atoms with Crippen LogP contribution in [-0.2, 0) is 5.54 Å². The van der Waals surface area contributed by atoms with E-state index in [4.69, 9.17) is 0 Å². The zero-order chi connectivity index (χ0) is 11.1. The van der Waals surface area contributed by atoms with Gasteiger partial charge in [-0.1, -0.05) is 29.8 Å². The molecule has 1 atom stereocenters. The maximum absolute atomic E-state index is 13.2. The maximum atomic E-state index is 13.2. The summed E-state index contributed by atoms with van der Waals surface area (Å²) in [5.41, 5.74) is 1.46. The highest BCUT2D eigenvalue weighted by Gasteiger charge is 2.47. The molecule has 0 saturated carbocycles. The van der Waals surface area contributed by atoms with Crippen molar-refractivity contribution in [2.24, 2.45) is 0 Å². The predicted octanol–water partition coefficient (Wildman–Crippen LogP) is 3.26. The summed E-state index contributed by atoms with van der Waals surface area (Å²) < 4.78 is 26.3. The van der Waals surface area contributed by atoms with Crippen molar-refractivity contribution < 1.29 is 8.78 Å². The van der Waals surface area contributed by atoms with Gasteiger partial charge in [-0.25, -0.2) is 8.78 Å². The van der Waals surface area contributed by atoms with Crippen LogP contribution in [0.4, 0.5) is 8.78 Å². The highest BCUT2D eigenvalue weighted by atomic mass is 35.5. The van der Waals surface area contributed by atoms with Gasteiger partial charge in [0, 0.05) is 12.0 Å². The molecule has 16 heavy (non-hydrogen) atoms. The van der Waals surface area contributed by atoms with E-state index in [9.17, 15) is 8.78 Å². The van der Waals surface area contributed by atoms with Gasteiger partial charge in [0.25, 0.3) is 5.92 Å². The van der Waals surface area contributed by atoms with Crippen molar-refractivity contribution in [2.45, 2.75) is 31.7 Å². The molecule has 1 fully saturated rings. The number of alkyl halides is 2. The van der Waals surface area contributed by atoms with Gasteiger partial charge in [-0.15, -0.1) is 12.4 Å². The summed E-state index contributed by atoms with van der Waals surface area (Å²) in [6.45, 7) is 3.58. The van der Waals surface area contributed by atoms with Crippen molar-refractivity contribution in [3.63, 3.8) is 0 Å². The SMILES string of the molecule is Cc1cccc(C2(C)CC(F)(F)CN2)c1.Cl. The van der Waals surface area contributed by atoms with Crippen LogP contribution < -0.4 is 5.32 Å². The Bertz CT molecular complexity index is 381. The van der Waals surface area contributed by atoms with Crippen LogP contribution in [0.15, 0.2) is 24.3 Å². The van der Waals surface area contributed by atoms with Gasteiger partial charge in [0.2, 0.25) is 0 Å². The molecule has 0 spiro atoms. The maximum Gasteiger partial charge on any atom is 0.262 e. The minimum absolute atomic E-state index is 0. The third-order valence-electron chi connectivity index (χ3n) is 3.00. The van der Waals surface area contributed by atoms with E-state index < -0.39 is 11.5 Å². The van der Waals surface area contributed by atoms with E-state index >= 15 is 0 Å². The van der Waals surface area contributed by atoms with Crippen LogP contribution in [0.25, 0.3) is 0 Å². The highest BCUT2D eigenvalue weighted by Crippen LogP contribution is 2.38. The third kappa shape index (κ3) is 2.53. The fourth-order valence-electron chi connectivity index (χ4n) is 2.16. The molecule has 1 aliphatic rings. The van der Waals surface area contributed by atoms with Gasteiger partial charge in [0.1, 0.15) is 0 Å². The van der Waals surface area contributed by atoms with Crippen molar-refractivity contribution in [3.8, 4) is 0 Å². The minimum Gasteiger partial charge on any atom is -0.302 e. The van der Waals surface area contributed by atoms with E-state index in [1.807, 2.05) is 38.1 Å². The van der Waals surface area contributed by atoms with Gasteiger partial charge in [0.15, 0.2) is 0 Å². The Balaban J connectivity index is 0.00000128. The lowest BCUT2D eigenvalue weighted by Gasteiger charge is -2.25. The summed E-state index contributed by atoms with van der Waals surface area (Å²) in [6.07, 6.45) is -0.122. The van der Waals surface area contributed by atoms with Crippen molar-refractivity contribution in [2.75, 3.05) is 6.54 Å². The molecule has 4 heteroatoms. The largest absolute Gasteiger partial charge is 0.302 e. The van der Waals surface area contributed by atoms with Crippen molar-refractivity contribution in [1.82, 2.24) is 5.32 Å². The Hall–Kier alpha value is -0.670. The quantitative estimate of drug-likeness (QED) is 0.803. The zero-order valence-electron chi connectivity index (χ0n) is 9.39. The van der Waals surface area contributed by atoms with Crippen LogP contribution in [0.5, 0.6) is 0 Å². The third-order valence-corrected chi connectivity index (χ3v) is 3.00. The molecule has 1 unspecified atom stereocenters. The van der Waals surface area contributed by atoms with Crippen LogP contribution in [0.2, 0.25) is 0 Å². The number of nitrogens with one attached hydrogen (secondary N) is 1. The summed E-state index contributed by atoms with van der Waals surface area (Å²) in [5.74, 6) is -2.58. The zero-order valence-corrected chi connectivity index (χ0v) is 10.2. The first kappa shape index (κ1) is 13.4. The summed E-state index contributed by atoms with van der Waals surface area (Å²) in [6, 6.07) is 7.75. The molecule has 1 aliphatic heterocycles. The van der Waals surface area contributed by atoms with Gasteiger partial charge >= 0.3 is 0 Å². The lowest BCUT2D eigenvalue weighted by Crippen LogP contribution is -2.33. The molecule has 1 N–H and O–H groups in total. The topological polar surface area (TPSA) is 12.0 Å². The monoisotopic (exact) mass is 247 g/mol. The lowest BCUT2D eigenvalue weighted by molar-refractivity contribution is 0.0165. The lowest BCUT2D eigenvalue weighted by atomic mass is 9.89. The molecule has 2 rings (SSSR count). The molecule has 0 radical (unpaired) electrons. The van der Waals surface area contributed by atoms with Crippen LogP contribution in [0.3, 0.4) is 0 Å². The average Bonchev–Trinajstić information content (AvgIpc) is 2.42. The van der Waals surface area contributed by atoms with Crippen molar-refractivity contribution >= 4 is 12.4 Å². The molecular formula is C12H16ClF2N. The number of hydrogen-bond donors (Lipinski definition) is 1. The first-order valence-corrected chi connectivity index (χ1v) is 5.11. The second-order valence-electron chi connectivity index (χ2n) is 4.59. The summed E-state index contributed by atoms with van der Waals surface area (Å²) in [4.78, 5) is 0. The van der Waals surface area contributed by atoms with E-state index in [0.717, 1.165) is 11.1 Å². The minimum atomic E-state index is -2.58. The summed E-state index contributed by atoms with van der Waals surface area (Å²) >= 11 is 0. The van der Waals surface area contributed by atoms with E-state index in [1.165, 1.54) is 0 Å². The van der Waals surface area contributed by atoms with Crippen molar-refractivity contribution in [1.29, 1.82) is 0 Å². The van der Waals surface area contributed by atoms with Gasteiger partial charge < -0.3 is 5.32 Å². The van der Waals surface area contributed by atoms with E-state index in [-0.39, 0.29) is 25.4 Å². The summed E-state index contributed by atoms with van der Waals surface area (Å²) in [7, 11) is 0. The average molecular weight is 248 g/mol. The molecule has 1 aromatic carbocycles. The number of benzene rings is 1. The van der Waals surface area contributed by atoms with Crippen LogP contribution in [0.1, 0.15) is 24.5 Å². The predicted molar refractivity (Wildman–Crippen MR) is 63.3 cm³/mol. The first-order valence-electron chi connectivity index (χ1n) is 5.11. The smallest absolute Gasteiger partial charge is 0.262 e. The molecule has 1 saturated heterocycles. The molecule has 1 aromatic rings. The molecule has 0 aromatic heterocycles. The molecule has 0 amide bonds. The van der Waals surface area contributed by atoms with E-state index in [0.29, 0.717) is 0 Å². The molecule has 1 heterocycles. The number of aryl methyl sites for hydroxylation is 1. The fourth-order valence-corrected chi connectivity index (χ4v) is 2.16. The Morgan fingerprint density at radius 3 is 2.50 bits per heavy atom. The second-order valence-corrected chi connectivity index (χ2v) is 4.59.